The summed E-state index contributed by atoms with van der Waals surface area (Å²) in [4.78, 5) is 34.2. The molecule has 0 aliphatic heterocycles. The van der Waals surface area contributed by atoms with Crippen LogP contribution in [0.5, 0.6) is 0 Å². The molecule has 0 spiro atoms. The topological polar surface area (TPSA) is 79.9 Å². The minimum Gasteiger partial charge on any atom is -0.306 e. The zero-order valence-electron chi connectivity index (χ0n) is 16.1. The first kappa shape index (κ1) is 21.4. The normalized spacial score (nSPS) is 10.3. The molecule has 3 amide bonds. The summed E-state index contributed by atoms with van der Waals surface area (Å²) in [6, 6.07) is 18.4. The highest BCUT2D eigenvalue weighted by atomic mass is 16.7. The first-order valence-corrected chi connectivity index (χ1v) is 9.32. The third-order valence-electron chi connectivity index (χ3n) is 3.95. The predicted molar refractivity (Wildman–Crippen MR) is 107 cm³/mol. The maximum atomic E-state index is 12.0. The van der Waals surface area contributed by atoms with E-state index in [1.165, 1.54) is 5.06 Å². The highest BCUT2D eigenvalue weighted by Gasteiger charge is 2.09. The van der Waals surface area contributed by atoms with E-state index < -0.39 is 6.03 Å². The molecule has 0 atom stereocenters. The lowest BCUT2D eigenvalue weighted by molar-refractivity contribution is -0.182. The number of nitrogens with zero attached hydrogens (tertiary/aromatic N) is 1. The maximum Gasteiger partial charge on any atom is 0.343 e. The van der Waals surface area contributed by atoms with Crippen molar-refractivity contribution >= 4 is 17.6 Å². The van der Waals surface area contributed by atoms with Gasteiger partial charge in [-0.2, -0.15) is 0 Å². The number of para-hydroxylation sites is 1. The van der Waals surface area contributed by atoms with Gasteiger partial charge in [0.15, 0.2) is 0 Å². The van der Waals surface area contributed by atoms with E-state index >= 15 is 0 Å². The molecule has 2 aromatic rings. The molecular formula is C21H27N3O4. The van der Waals surface area contributed by atoms with E-state index in [0.717, 1.165) is 24.8 Å². The van der Waals surface area contributed by atoms with Gasteiger partial charge in [0, 0.05) is 19.2 Å². The highest BCUT2D eigenvalue weighted by Crippen LogP contribution is 2.07. The molecule has 7 nitrogen and oxygen atoms in total. The Hall–Kier alpha value is -2.90. The maximum absolute atomic E-state index is 12.0. The molecule has 0 unspecified atom stereocenters. The molecule has 28 heavy (non-hydrogen) atoms. The van der Waals surface area contributed by atoms with Crippen molar-refractivity contribution in [3.05, 3.63) is 66.2 Å². The van der Waals surface area contributed by atoms with Gasteiger partial charge in [-0.3, -0.25) is 14.5 Å². The smallest absolute Gasteiger partial charge is 0.306 e. The van der Waals surface area contributed by atoms with E-state index in [4.69, 9.17) is 9.68 Å². The van der Waals surface area contributed by atoms with Gasteiger partial charge in [-0.25, -0.2) is 15.3 Å². The number of benzene rings is 2. The molecule has 2 N–H and O–H groups in total. The van der Waals surface area contributed by atoms with Crippen molar-refractivity contribution in [2.45, 2.75) is 32.3 Å². The summed E-state index contributed by atoms with van der Waals surface area (Å²) in [5, 5.41) is 3.95. The van der Waals surface area contributed by atoms with Crippen LogP contribution in [0.4, 0.5) is 10.5 Å². The molecule has 0 aliphatic carbocycles. The van der Waals surface area contributed by atoms with Crippen molar-refractivity contribution in [2.75, 3.05) is 19.0 Å². The van der Waals surface area contributed by atoms with Crippen LogP contribution in [0.2, 0.25) is 0 Å². The number of unbranched alkanes of at least 4 members (excludes halogenated alkanes) is 2. The summed E-state index contributed by atoms with van der Waals surface area (Å²) in [5.74, 6) is -0.0581. The van der Waals surface area contributed by atoms with Crippen LogP contribution in [0.3, 0.4) is 0 Å². The van der Waals surface area contributed by atoms with Gasteiger partial charge < -0.3 is 5.32 Å². The molecule has 0 fully saturated rings. The first-order chi connectivity index (χ1) is 13.6. The zero-order valence-corrected chi connectivity index (χ0v) is 16.1. The molecule has 0 radical (unpaired) electrons. The monoisotopic (exact) mass is 385 g/mol. The zero-order chi connectivity index (χ0) is 20.0. The van der Waals surface area contributed by atoms with E-state index in [1.807, 2.05) is 48.5 Å². The van der Waals surface area contributed by atoms with Crippen LogP contribution in [0.25, 0.3) is 0 Å². The van der Waals surface area contributed by atoms with E-state index in [1.54, 1.807) is 19.2 Å². The van der Waals surface area contributed by atoms with E-state index in [9.17, 15) is 9.59 Å². The summed E-state index contributed by atoms with van der Waals surface area (Å²) in [6.45, 7) is 0.754. The number of nitrogens with one attached hydrogen (secondary N) is 2. The van der Waals surface area contributed by atoms with Crippen molar-refractivity contribution in [1.82, 2.24) is 10.5 Å². The second-order valence-corrected chi connectivity index (χ2v) is 6.23. The number of carbonyl (C=O) groups is 2. The van der Waals surface area contributed by atoms with Crippen LogP contribution in [0.15, 0.2) is 60.7 Å². The van der Waals surface area contributed by atoms with Crippen LogP contribution in [0, 0.1) is 0 Å². The Morgan fingerprint density at radius 1 is 0.929 bits per heavy atom. The number of rotatable bonds is 11. The number of carbonyl (C=O) groups excluding carboxylic acids is 2. The third-order valence-corrected chi connectivity index (χ3v) is 3.95. The van der Waals surface area contributed by atoms with Crippen molar-refractivity contribution in [3.63, 3.8) is 0 Å². The van der Waals surface area contributed by atoms with Gasteiger partial charge in [0.1, 0.15) is 6.61 Å². The molecule has 0 bridgehead atoms. The van der Waals surface area contributed by atoms with Crippen molar-refractivity contribution in [2.24, 2.45) is 0 Å². The Bertz CT molecular complexity index is 710. The summed E-state index contributed by atoms with van der Waals surface area (Å²) in [5.41, 5.74) is 4.05. The van der Waals surface area contributed by atoms with Gasteiger partial charge in [0.25, 0.3) is 0 Å². The van der Waals surface area contributed by atoms with Crippen molar-refractivity contribution < 1.29 is 19.3 Å². The van der Waals surface area contributed by atoms with E-state index in [2.05, 4.69) is 10.8 Å². The fourth-order valence-corrected chi connectivity index (χ4v) is 2.40. The molecule has 0 saturated heterocycles. The van der Waals surface area contributed by atoms with Crippen LogP contribution in [-0.4, -0.2) is 30.7 Å². The SMILES string of the molecule is CN(OCc1ccccc1)C(=O)CCCCCONC(=O)Nc1ccccc1. The predicted octanol–water partition coefficient (Wildman–Crippen LogP) is 3.89. The lowest BCUT2D eigenvalue weighted by Gasteiger charge is -2.16. The quantitative estimate of drug-likeness (QED) is 0.454. The van der Waals surface area contributed by atoms with Crippen LogP contribution >= 0.6 is 0 Å². The Kier molecular flexibility index (Phi) is 9.54. The fraction of sp³-hybridized carbons (Fsp3) is 0.333. The Labute approximate surface area is 165 Å². The van der Waals surface area contributed by atoms with Gasteiger partial charge in [-0.1, -0.05) is 55.0 Å². The fourth-order valence-electron chi connectivity index (χ4n) is 2.40. The Morgan fingerprint density at radius 2 is 1.61 bits per heavy atom. The summed E-state index contributed by atoms with van der Waals surface area (Å²) in [6.07, 6.45) is 2.71. The molecule has 0 saturated carbocycles. The van der Waals surface area contributed by atoms with Crippen molar-refractivity contribution in [3.8, 4) is 0 Å². The minimum atomic E-state index is -0.418. The number of urea groups is 1. The number of hydrogen-bond donors (Lipinski definition) is 2. The van der Waals surface area contributed by atoms with E-state index in [-0.39, 0.29) is 5.91 Å². The van der Waals surface area contributed by atoms with Gasteiger partial charge in [-0.05, 0) is 30.5 Å². The summed E-state index contributed by atoms with van der Waals surface area (Å²) < 4.78 is 0. The highest BCUT2D eigenvalue weighted by molar-refractivity contribution is 5.88. The number of hydrogen-bond acceptors (Lipinski definition) is 4. The summed E-state index contributed by atoms with van der Waals surface area (Å²) >= 11 is 0. The van der Waals surface area contributed by atoms with Crippen molar-refractivity contribution in [1.29, 1.82) is 0 Å². The van der Waals surface area contributed by atoms with Gasteiger partial charge in [-0.15, -0.1) is 0 Å². The molecular weight excluding hydrogens is 358 g/mol. The average Bonchev–Trinajstić information content (AvgIpc) is 2.72. The van der Waals surface area contributed by atoms with Crippen LogP contribution in [-0.2, 0) is 21.1 Å². The molecule has 150 valence electrons. The number of anilines is 1. The standard InChI is InChI=1S/C21H27N3O4/c1-24(28-17-18-11-5-2-6-12-18)20(25)15-9-4-10-16-27-23-21(26)22-19-13-7-3-8-14-19/h2-3,5-8,11-14H,4,9-10,15-17H2,1H3,(H2,22,23,26). The molecule has 0 aliphatic rings. The first-order valence-electron chi connectivity index (χ1n) is 9.32. The molecule has 2 rings (SSSR count). The molecule has 0 heterocycles. The lowest BCUT2D eigenvalue weighted by atomic mass is 10.2. The van der Waals surface area contributed by atoms with Crippen LogP contribution in [0.1, 0.15) is 31.2 Å². The third kappa shape index (κ3) is 8.66. The second kappa shape index (κ2) is 12.5. The van der Waals surface area contributed by atoms with Gasteiger partial charge >= 0.3 is 6.03 Å². The molecule has 2 aromatic carbocycles. The molecule has 0 aromatic heterocycles. The summed E-state index contributed by atoms with van der Waals surface area (Å²) in [7, 11) is 1.63. The van der Waals surface area contributed by atoms with Gasteiger partial charge in [0.05, 0.1) is 6.61 Å². The second-order valence-electron chi connectivity index (χ2n) is 6.23. The van der Waals surface area contributed by atoms with E-state index in [0.29, 0.717) is 25.3 Å². The number of amides is 3. The molecule has 7 heteroatoms. The largest absolute Gasteiger partial charge is 0.343 e. The van der Waals surface area contributed by atoms with Crippen LogP contribution < -0.4 is 10.8 Å². The lowest BCUT2D eigenvalue weighted by Crippen LogP contribution is -2.29. The number of hydroxylamine groups is 3. The minimum absolute atomic E-state index is 0.0581. The Morgan fingerprint density at radius 3 is 2.32 bits per heavy atom. The Balaban J connectivity index is 1.47. The van der Waals surface area contributed by atoms with Gasteiger partial charge in [0.2, 0.25) is 5.91 Å². The average molecular weight is 385 g/mol.